The van der Waals surface area contributed by atoms with Crippen LogP contribution in [-0.4, -0.2) is 58.1 Å². The van der Waals surface area contributed by atoms with Crippen LogP contribution < -0.4 is 0 Å². The summed E-state index contributed by atoms with van der Waals surface area (Å²) in [5.41, 5.74) is -0.100. The number of likely N-dealkylation sites (tertiary alicyclic amines) is 1. The molecule has 0 radical (unpaired) electrons. The van der Waals surface area contributed by atoms with Gasteiger partial charge in [0.25, 0.3) is 11.6 Å². The Balaban J connectivity index is 1.57. The number of hydrogen-bond acceptors (Lipinski definition) is 5. The lowest BCUT2D eigenvalue weighted by atomic mass is 9.92. The molecule has 0 bridgehead atoms. The van der Waals surface area contributed by atoms with Gasteiger partial charge in [0.05, 0.1) is 11.5 Å². The molecule has 1 fully saturated rings. The fourth-order valence-electron chi connectivity index (χ4n) is 3.80. The molecule has 8 nitrogen and oxygen atoms in total. The van der Waals surface area contributed by atoms with Gasteiger partial charge in [-0.05, 0) is 51.2 Å². The van der Waals surface area contributed by atoms with Gasteiger partial charge in [0.2, 0.25) is 0 Å². The predicted molar refractivity (Wildman–Crippen MR) is 108 cm³/mol. The van der Waals surface area contributed by atoms with Crippen LogP contribution >= 0.6 is 11.6 Å². The van der Waals surface area contributed by atoms with Gasteiger partial charge in [-0.25, -0.2) is 9.18 Å². The second kappa shape index (κ2) is 8.37. The van der Waals surface area contributed by atoms with Crippen LogP contribution in [0.1, 0.15) is 49.5 Å². The second-order valence-electron chi connectivity index (χ2n) is 8.72. The standard InChI is InChI=1S/C20H25ClFN3O5/c1-20(2,3)30-19(27)23-6-4-12(5-7-23)16(22)11-24-10-13-8-17(25(28)29)15(21)9-14(13)18(24)26/h8-9,12,16H,4-7,10-11H2,1-3H3/t16-/m1/s1. The number of ether oxygens (including phenoxy) is 1. The van der Waals surface area contributed by atoms with Crippen molar-refractivity contribution in [3.63, 3.8) is 0 Å². The first-order chi connectivity index (χ1) is 14.0. The highest BCUT2D eigenvalue weighted by molar-refractivity contribution is 6.33. The van der Waals surface area contributed by atoms with E-state index in [2.05, 4.69) is 0 Å². The number of carbonyl (C=O) groups excluding carboxylic acids is 2. The lowest BCUT2D eigenvalue weighted by molar-refractivity contribution is -0.384. The molecule has 2 aliphatic heterocycles. The largest absolute Gasteiger partial charge is 0.444 e. The Morgan fingerprint density at radius 2 is 2.00 bits per heavy atom. The summed E-state index contributed by atoms with van der Waals surface area (Å²) in [6.07, 6.45) is -0.700. The van der Waals surface area contributed by atoms with Gasteiger partial charge >= 0.3 is 6.09 Å². The third-order valence-corrected chi connectivity index (χ3v) is 5.65. The number of fused-ring (bicyclic) bond motifs is 1. The number of benzene rings is 1. The first-order valence-corrected chi connectivity index (χ1v) is 10.2. The van der Waals surface area contributed by atoms with E-state index in [4.69, 9.17) is 16.3 Å². The highest BCUT2D eigenvalue weighted by Crippen LogP contribution is 2.34. The van der Waals surface area contributed by atoms with E-state index in [9.17, 15) is 24.1 Å². The van der Waals surface area contributed by atoms with Crippen LogP contribution in [0.2, 0.25) is 5.02 Å². The molecule has 1 aromatic rings. The number of amides is 2. The van der Waals surface area contributed by atoms with Crippen LogP contribution in [0, 0.1) is 16.0 Å². The van der Waals surface area contributed by atoms with E-state index in [1.807, 2.05) is 0 Å². The topological polar surface area (TPSA) is 93.0 Å². The smallest absolute Gasteiger partial charge is 0.410 e. The summed E-state index contributed by atoms with van der Waals surface area (Å²) in [5, 5.41) is 10.9. The molecule has 30 heavy (non-hydrogen) atoms. The Bertz CT molecular complexity index is 865. The van der Waals surface area contributed by atoms with E-state index in [1.165, 1.54) is 17.0 Å². The van der Waals surface area contributed by atoms with Crippen LogP contribution in [0.25, 0.3) is 0 Å². The number of hydrogen-bond donors (Lipinski definition) is 0. The molecule has 0 aromatic heterocycles. The molecule has 2 amide bonds. The molecule has 3 rings (SSSR count). The monoisotopic (exact) mass is 441 g/mol. The van der Waals surface area contributed by atoms with E-state index in [0.717, 1.165) is 0 Å². The molecule has 0 spiro atoms. The van der Waals surface area contributed by atoms with Crippen LogP contribution in [0.15, 0.2) is 12.1 Å². The fourth-order valence-corrected chi connectivity index (χ4v) is 4.03. The van der Waals surface area contributed by atoms with Gasteiger partial charge in [-0.3, -0.25) is 14.9 Å². The first kappa shape index (κ1) is 22.3. The summed E-state index contributed by atoms with van der Waals surface area (Å²) in [4.78, 5) is 38.1. The van der Waals surface area contributed by atoms with Crippen molar-refractivity contribution in [2.75, 3.05) is 19.6 Å². The van der Waals surface area contributed by atoms with Gasteiger partial charge in [-0.1, -0.05) is 11.6 Å². The normalized spacial score (nSPS) is 18.4. The minimum Gasteiger partial charge on any atom is -0.444 e. The summed E-state index contributed by atoms with van der Waals surface area (Å²) in [6, 6.07) is 2.56. The summed E-state index contributed by atoms with van der Waals surface area (Å²) >= 11 is 5.89. The number of nitro groups is 1. The fraction of sp³-hybridized carbons (Fsp3) is 0.600. The molecule has 2 aliphatic rings. The average Bonchev–Trinajstić information content (AvgIpc) is 2.94. The summed E-state index contributed by atoms with van der Waals surface area (Å²) in [6.45, 7) is 6.19. The zero-order valence-electron chi connectivity index (χ0n) is 17.2. The van der Waals surface area contributed by atoms with E-state index in [0.29, 0.717) is 31.5 Å². The lowest BCUT2D eigenvalue weighted by Crippen LogP contribution is -2.44. The SMILES string of the molecule is CC(C)(C)OC(=O)N1CCC([C@H](F)CN2Cc3cc([N+](=O)[O-])c(Cl)cc3C2=O)CC1. The molecule has 1 atom stereocenters. The van der Waals surface area contributed by atoms with Crippen LogP contribution in [-0.2, 0) is 11.3 Å². The van der Waals surface area contributed by atoms with E-state index in [1.54, 1.807) is 25.7 Å². The highest BCUT2D eigenvalue weighted by Gasteiger charge is 2.36. The number of piperidine rings is 1. The second-order valence-corrected chi connectivity index (χ2v) is 9.13. The average molecular weight is 442 g/mol. The van der Waals surface area contributed by atoms with Crippen molar-refractivity contribution in [2.24, 2.45) is 5.92 Å². The molecule has 1 aromatic carbocycles. The van der Waals surface area contributed by atoms with Gasteiger partial charge in [0.1, 0.15) is 16.8 Å². The number of nitrogens with zero attached hydrogens (tertiary/aromatic N) is 3. The molecular weight excluding hydrogens is 417 g/mol. The quantitative estimate of drug-likeness (QED) is 0.516. The maximum Gasteiger partial charge on any atom is 0.410 e. The molecule has 1 saturated heterocycles. The van der Waals surface area contributed by atoms with E-state index < -0.39 is 22.8 Å². The first-order valence-electron chi connectivity index (χ1n) is 9.84. The van der Waals surface area contributed by atoms with Crippen molar-refractivity contribution in [1.29, 1.82) is 0 Å². The van der Waals surface area contributed by atoms with Crippen molar-refractivity contribution in [2.45, 2.75) is 51.9 Å². The third kappa shape index (κ3) is 4.83. The molecular formula is C20H25ClFN3O5. The van der Waals surface area contributed by atoms with Crippen LogP contribution in [0.4, 0.5) is 14.9 Å². The molecule has 0 saturated carbocycles. The molecule has 0 aliphatic carbocycles. The molecule has 10 heteroatoms. The third-order valence-electron chi connectivity index (χ3n) is 5.35. The Kier molecular flexibility index (Phi) is 6.21. The van der Waals surface area contributed by atoms with Crippen molar-refractivity contribution < 1.29 is 23.6 Å². The Hall–Kier alpha value is -2.42. The number of alkyl halides is 1. The number of rotatable bonds is 4. The van der Waals surface area contributed by atoms with Crippen molar-refractivity contribution in [1.82, 2.24) is 9.80 Å². The zero-order chi connectivity index (χ0) is 22.2. The molecule has 0 unspecified atom stereocenters. The number of nitro benzene ring substituents is 1. The zero-order valence-corrected chi connectivity index (χ0v) is 17.9. The predicted octanol–water partition coefficient (Wildman–Crippen LogP) is 4.19. The van der Waals surface area contributed by atoms with Crippen molar-refractivity contribution >= 4 is 29.3 Å². The van der Waals surface area contributed by atoms with Gasteiger partial charge in [0, 0.05) is 31.3 Å². The number of halogens is 2. The molecule has 2 heterocycles. The molecule has 164 valence electrons. The minimum absolute atomic E-state index is 0.101. The number of carbonyl (C=O) groups is 2. The van der Waals surface area contributed by atoms with Crippen molar-refractivity contribution in [3.8, 4) is 0 Å². The van der Waals surface area contributed by atoms with Crippen LogP contribution in [0.5, 0.6) is 0 Å². The summed E-state index contributed by atoms with van der Waals surface area (Å²) in [5.74, 6) is -0.659. The molecule has 0 N–H and O–H groups in total. The Morgan fingerprint density at radius 1 is 1.37 bits per heavy atom. The maximum atomic E-state index is 15.0. The Morgan fingerprint density at radius 3 is 2.57 bits per heavy atom. The minimum atomic E-state index is -1.26. The Labute approximate surface area is 179 Å². The van der Waals surface area contributed by atoms with E-state index >= 15 is 0 Å². The lowest BCUT2D eigenvalue weighted by Gasteiger charge is -2.35. The van der Waals surface area contributed by atoms with Gasteiger partial charge < -0.3 is 14.5 Å². The van der Waals surface area contributed by atoms with Gasteiger partial charge in [-0.15, -0.1) is 0 Å². The maximum absolute atomic E-state index is 15.0. The van der Waals surface area contributed by atoms with Crippen LogP contribution in [0.3, 0.4) is 0 Å². The highest BCUT2D eigenvalue weighted by atomic mass is 35.5. The summed E-state index contributed by atoms with van der Waals surface area (Å²) < 4.78 is 20.3. The van der Waals surface area contributed by atoms with Gasteiger partial charge in [-0.2, -0.15) is 0 Å². The summed E-state index contributed by atoms with van der Waals surface area (Å²) in [7, 11) is 0. The van der Waals surface area contributed by atoms with E-state index in [-0.39, 0.29) is 41.2 Å². The van der Waals surface area contributed by atoms with Gasteiger partial charge in [0.15, 0.2) is 0 Å². The van der Waals surface area contributed by atoms with Crippen molar-refractivity contribution in [3.05, 3.63) is 38.4 Å².